The molecule has 0 spiro atoms. The minimum atomic E-state index is -0.640. The van der Waals surface area contributed by atoms with Gasteiger partial charge in [-0.05, 0) is 25.1 Å². The van der Waals surface area contributed by atoms with Crippen molar-refractivity contribution >= 4 is 23.8 Å². The fourth-order valence-corrected chi connectivity index (χ4v) is 2.34. The fraction of sp³-hybridized carbons (Fsp3) is 0.227. The minimum absolute atomic E-state index is 0.000401. The Hall–Kier alpha value is -3.41. The summed E-state index contributed by atoms with van der Waals surface area (Å²) in [6.45, 7) is 3.63. The lowest BCUT2D eigenvalue weighted by molar-refractivity contribution is -0.138. The van der Waals surface area contributed by atoms with Crippen LogP contribution >= 0.6 is 0 Å². The summed E-state index contributed by atoms with van der Waals surface area (Å²) in [5, 5.41) is 9.98. The number of benzene rings is 2. The van der Waals surface area contributed by atoms with Gasteiger partial charge < -0.3 is 14.6 Å². The lowest BCUT2D eigenvalue weighted by Crippen LogP contribution is -2.11. The molecule has 28 heavy (non-hydrogen) atoms. The van der Waals surface area contributed by atoms with Crippen LogP contribution in [0.2, 0.25) is 0 Å². The Balaban J connectivity index is 2.17. The van der Waals surface area contributed by atoms with Crippen LogP contribution in [0.4, 0.5) is 5.69 Å². The number of aliphatic hydroxyl groups is 1. The summed E-state index contributed by atoms with van der Waals surface area (Å²) in [6.07, 6.45) is 1.55. The number of carbonyl (C=O) groups excluding carboxylic acids is 2. The van der Waals surface area contributed by atoms with Crippen LogP contribution in [0, 0.1) is 0 Å². The molecule has 0 aliphatic rings. The van der Waals surface area contributed by atoms with E-state index < -0.39 is 11.9 Å². The van der Waals surface area contributed by atoms with Crippen LogP contribution in [-0.4, -0.2) is 29.9 Å². The van der Waals surface area contributed by atoms with Crippen molar-refractivity contribution in [2.45, 2.75) is 26.9 Å². The maximum absolute atomic E-state index is 12.1. The van der Waals surface area contributed by atoms with E-state index in [9.17, 15) is 14.7 Å². The van der Waals surface area contributed by atoms with Crippen molar-refractivity contribution < 1.29 is 24.2 Å². The van der Waals surface area contributed by atoms with Gasteiger partial charge in [-0.3, -0.25) is 4.99 Å². The van der Waals surface area contributed by atoms with Crippen LogP contribution in [0.5, 0.6) is 0 Å². The topological polar surface area (TPSA) is 85.2 Å². The number of hydrogen-bond acceptors (Lipinski definition) is 6. The second kappa shape index (κ2) is 10.7. The van der Waals surface area contributed by atoms with Crippen LogP contribution in [0.25, 0.3) is 0 Å². The number of rotatable bonds is 8. The van der Waals surface area contributed by atoms with Gasteiger partial charge in [0.05, 0.1) is 17.9 Å². The highest BCUT2D eigenvalue weighted by atomic mass is 16.5. The van der Waals surface area contributed by atoms with Gasteiger partial charge in [0.2, 0.25) is 0 Å². The van der Waals surface area contributed by atoms with E-state index in [0.29, 0.717) is 16.8 Å². The Morgan fingerprint density at radius 2 is 1.68 bits per heavy atom. The molecule has 0 fully saturated rings. The number of para-hydroxylation sites is 1. The largest absolute Gasteiger partial charge is 0.511 e. The Labute approximate surface area is 164 Å². The summed E-state index contributed by atoms with van der Waals surface area (Å²) in [7, 11) is 0. The maximum atomic E-state index is 12.1. The summed E-state index contributed by atoms with van der Waals surface area (Å²) < 4.78 is 10.3. The molecule has 0 aliphatic heterocycles. The van der Waals surface area contributed by atoms with Crippen molar-refractivity contribution in [3.05, 3.63) is 77.1 Å². The second-order valence-electron chi connectivity index (χ2n) is 5.76. The van der Waals surface area contributed by atoms with Crippen LogP contribution in [0.15, 0.2) is 70.9 Å². The molecule has 146 valence electrons. The van der Waals surface area contributed by atoms with E-state index in [1.165, 1.54) is 6.21 Å². The van der Waals surface area contributed by atoms with E-state index in [1.807, 2.05) is 6.07 Å². The molecule has 2 rings (SSSR count). The Morgan fingerprint density at radius 1 is 1.00 bits per heavy atom. The molecule has 0 saturated carbocycles. The van der Waals surface area contributed by atoms with Gasteiger partial charge in [-0.2, -0.15) is 0 Å². The summed E-state index contributed by atoms with van der Waals surface area (Å²) in [6, 6.07) is 15.8. The summed E-state index contributed by atoms with van der Waals surface area (Å²) in [5.74, 6) is -1.18. The first-order chi connectivity index (χ1) is 13.6. The molecule has 6 heteroatoms. The normalized spacial score (nSPS) is 11.8. The lowest BCUT2D eigenvalue weighted by Gasteiger charge is -2.08. The van der Waals surface area contributed by atoms with Crippen LogP contribution in [-0.2, 0) is 20.9 Å². The maximum Gasteiger partial charge on any atom is 0.343 e. The van der Waals surface area contributed by atoms with Gasteiger partial charge in [0, 0.05) is 18.2 Å². The molecule has 0 radical (unpaired) electrons. The molecule has 0 atom stereocenters. The molecule has 1 N–H and O–H groups in total. The molecule has 6 nitrogen and oxygen atoms in total. The van der Waals surface area contributed by atoms with Crippen molar-refractivity contribution in [3.8, 4) is 0 Å². The first kappa shape index (κ1) is 20.9. The highest BCUT2D eigenvalue weighted by Crippen LogP contribution is 2.21. The van der Waals surface area contributed by atoms with E-state index in [-0.39, 0.29) is 31.0 Å². The number of aliphatic imine (C=N–C) groups is 1. The van der Waals surface area contributed by atoms with E-state index in [1.54, 1.807) is 62.4 Å². The fourth-order valence-electron chi connectivity index (χ4n) is 2.34. The Kier molecular flexibility index (Phi) is 7.96. The standard InChI is InChI=1S/C22H23NO5/c1-3-20(24)18(22(26)27-4-2)14-23-19-13-9-8-12-17(19)15-28-21(25)16-10-6-5-7-11-16/h5-14,24H,3-4,15H2,1-2H3/b20-18+,23-14?. The average molecular weight is 381 g/mol. The average Bonchev–Trinajstić information content (AvgIpc) is 2.73. The zero-order valence-corrected chi connectivity index (χ0v) is 15.9. The van der Waals surface area contributed by atoms with E-state index in [4.69, 9.17) is 9.47 Å². The third-order valence-electron chi connectivity index (χ3n) is 3.83. The molecular weight excluding hydrogens is 358 g/mol. The number of hydrogen-bond donors (Lipinski definition) is 1. The van der Waals surface area contributed by atoms with Crippen molar-refractivity contribution in [1.82, 2.24) is 0 Å². The summed E-state index contributed by atoms with van der Waals surface area (Å²) >= 11 is 0. The molecule has 0 aliphatic carbocycles. The predicted octanol–water partition coefficient (Wildman–Crippen LogP) is 4.53. The SMILES string of the molecule is CCOC(=O)/C(C=Nc1ccccc1COC(=O)c1ccccc1)=C(/O)CC. The third kappa shape index (κ3) is 5.81. The van der Waals surface area contributed by atoms with E-state index in [2.05, 4.69) is 4.99 Å². The highest BCUT2D eigenvalue weighted by molar-refractivity contribution is 6.10. The molecule has 2 aromatic carbocycles. The zero-order valence-electron chi connectivity index (χ0n) is 15.9. The van der Waals surface area contributed by atoms with Crippen LogP contribution < -0.4 is 0 Å². The van der Waals surface area contributed by atoms with Gasteiger partial charge in [-0.1, -0.05) is 43.3 Å². The van der Waals surface area contributed by atoms with Crippen LogP contribution in [0.3, 0.4) is 0 Å². The second-order valence-corrected chi connectivity index (χ2v) is 5.76. The molecule has 0 bridgehead atoms. The molecule has 2 aromatic rings. The summed E-state index contributed by atoms with van der Waals surface area (Å²) in [4.78, 5) is 28.4. The van der Waals surface area contributed by atoms with E-state index in [0.717, 1.165) is 0 Å². The molecule has 0 amide bonds. The zero-order chi connectivity index (χ0) is 20.4. The summed E-state index contributed by atoms with van der Waals surface area (Å²) in [5.41, 5.74) is 1.65. The number of aliphatic hydroxyl groups excluding tert-OH is 1. The number of ether oxygens (including phenoxy) is 2. The van der Waals surface area contributed by atoms with Crippen molar-refractivity contribution in [2.24, 2.45) is 4.99 Å². The number of carbonyl (C=O) groups is 2. The first-order valence-corrected chi connectivity index (χ1v) is 9.00. The van der Waals surface area contributed by atoms with Gasteiger partial charge in [0.1, 0.15) is 17.9 Å². The Bertz CT molecular complexity index is 872. The highest BCUT2D eigenvalue weighted by Gasteiger charge is 2.14. The number of allylic oxidation sites excluding steroid dienone is 1. The number of esters is 2. The van der Waals surface area contributed by atoms with Crippen molar-refractivity contribution in [3.63, 3.8) is 0 Å². The third-order valence-corrected chi connectivity index (χ3v) is 3.83. The van der Waals surface area contributed by atoms with Gasteiger partial charge in [0.15, 0.2) is 0 Å². The molecule has 0 heterocycles. The Morgan fingerprint density at radius 3 is 2.36 bits per heavy atom. The van der Waals surface area contributed by atoms with E-state index >= 15 is 0 Å². The van der Waals surface area contributed by atoms with Crippen molar-refractivity contribution in [2.75, 3.05) is 6.61 Å². The van der Waals surface area contributed by atoms with Crippen LogP contribution in [0.1, 0.15) is 36.2 Å². The lowest BCUT2D eigenvalue weighted by atomic mass is 10.1. The van der Waals surface area contributed by atoms with Gasteiger partial charge in [-0.15, -0.1) is 0 Å². The van der Waals surface area contributed by atoms with Crippen molar-refractivity contribution in [1.29, 1.82) is 0 Å². The minimum Gasteiger partial charge on any atom is -0.511 e. The quantitative estimate of drug-likeness (QED) is 0.314. The predicted molar refractivity (Wildman–Crippen MR) is 107 cm³/mol. The monoisotopic (exact) mass is 381 g/mol. The van der Waals surface area contributed by atoms with Gasteiger partial charge >= 0.3 is 11.9 Å². The molecule has 0 unspecified atom stereocenters. The first-order valence-electron chi connectivity index (χ1n) is 9.00. The van der Waals surface area contributed by atoms with Gasteiger partial charge in [0.25, 0.3) is 0 Å². The van der Waals surface area contributed by atoms with Gasteiger partial charge in [-0.25, -0.2) is 9.59 Å². The molecule has 0 saturated heterocycles. The smallest absolute Gasteiger partial charge is 0.343 e. The number of nitrogens with zero attached hydrogens (tertiary/aromatic N) is 1. The molecular formula is C22H23NO5. The molecule has 0 aromatic heterocycles.